The summed E-state index contributed by atoms with van der Waals surface area (Å²) < 4.78 is 11.1. The molecular formula is C13H15N3O2. The number of rotatable bonds is 3. The Morgan fingerprint density at radius 3 is 2.78 bits per heavy atom. The zero-order valence-corrected chi connectivity index (χ0v) is 10.0. The average Bonchev–Trinajstić information content (AvgIpc) is 2.89. The van der Waals surface area contributed by atoms with Gasteiger partial charge in [0.25, 0.3) is 5.88 Å². The number of hydrogen-bond donors (Lipinski definition) is 1. The van der Waals surface area contributed by atoms with Crippen molar-refractivity contribution in [1.82, 2.24) is 9.97 Å². The molecule has 0 amide bonds. The first-order valence-electron chi connectivity index (χ1n) is 6.09. The molecule has 1 unspecified atom stereocenters. The summed E-state index contributed by atoms with van der Waals surface area (Å²) >= 11 is 0. The minimum absolute atomic E-state index is 0.151. The van der Waals surface area contributed by atoms with E-state index in [1.165, 1.54) is 0 Å². The molecule has 1 aliphatic rings. The van der Waals surface area contributed by atoms with Gasteiger partial charge in [-0.05, 0) is 25.0 Å². The number of ether oxygens (including phenoxy) is 2. The summed E-state index contributed by atoms with van der Waals surface area (Å²) in [5, 5.41) is 0. The van der Waals surface area contributed by atoms with Crippen LogP contribution < -0.4 is 10.5 Å². The number of benzene rings is 1. The van der Waals surface area contributed by atoms with Gasteiger partial charge in [0, 0.05) is 6.61 Å². The second-order valence-corrected chi connectivity index (χ2v) is 4.35. The van der Waals surface area contributed by atoms with Crippen LogP contribution in [0.25, 0.3) is 11.0 Å². The highest BCUT2D eigenvalue weighted by atomic mass is 16.5. The topological polar surface area (TPSA) is 70.3 Å². The summed E-state index contributed by atoms with van der Waals surface area (Å²) in [6.07, 6.45) is 2.27. The molecule has 5 heteroatoms. The van der Waals surface area contributed by atoms with Crippen LogP contribution >= 0.6 is 0 Å². The first-order chi connectivity index (χ1) is 8.83. The predicted octanol–water partition coefficient (Wildman–Crippen LogP) is 1.77. The first-order valence-corrected chi connectivity index (χ1v) is 6.09. The lowest BCUT2D eigenvalue weighted by molar-refractivity contribution is 0.0666. The van der Waals surface area contributed by atoms with Crippen LogP contribution in [0.5, 0.6) is 5.88 Å². The van der Waals surface area contributed by atoms with Crippen molar-refractivity contribution in [3.05, 3.63) is 24.3 Å². The summed E-state index contributed by atoms with van der Waals surface area (Å²) in [7, 11) is 0. The molecule has 1 aliphatic heterocycles. The van der Waals surface area contributed by atoms with Gasteiger partial charge in [-0.3, -0.25) is 0 Å². The fraction of sp³-hybridized carbons (Fsp3) is 0.385. The van der Waals surface area contributed by atoms with Crippen molar-refractivity contribution >= 4 is 16.9 Å². The molecule has 1 atom stereocenters. The third kappa shape index (κ3) is 2.22. The van der Waals surface area contributed by atoms with Crippen LogP contribution in [0.2, 0.25) is 0 Å². The fourth-order valence-electron chi connectivity index (χ4n) is 2.05. The number of nitrogens with two attached hydrogens (primary N) is 1. The smallest absolute Gasteiger partial charge is 0.257 e. The van der Waals surface area contributed by atoms with Crippen molar-refractivity contribution in [1.29, 1.82) is 0 Å². The summed E-state index contributed by atoms with van der Waals surface area (Å²) in [5.74, 6) is 0.718. The third-order valence-corrected chi connectivity index (χ3v) is 2.99. The van der Waals surface area contributed by atoms with Crippen molar-refractivity contribution in [2.45, 2.75) is 18.9 Å². The van der Waals surface area contributed by atoms with E-state index in [0.29, 0.717) is 18.3 Å². The molecule has 0 radical (unpaired) electrons. The van der Waals surface area contributed by atoms with E-state index < -0.39 is 0 Å². The number of aromatic nitrogens is 2. The normalized spacial score (nSPS) is 19.2. The number of hydrogen-bond acceptors (Lipinski definition) is 5. The second kappa shape index (κ2) is 4.78. The van der Waals surface area contributed by atoms with Gasteiger partial charge in [-0.25, -0.2) is 9.97 Å². The van der Waals surface area contributed by atoms with Gasteiger partial charge in [-0.2, -0.15) is 0 Å². The Morgan fingerprint density at radius 1 is 1.28 bits per heavy atom. The van der Waals surface area contributed by atoms with E-state index in [2.05, 4.69) is 9.97 Å². The number of para-hydroxylation sites is 2. The van der Waals surface area contributed by atoms with Gasteiger partial charge in [0.1, 0.15) is 6.61 Å². The largest absolute Gasteiger partial charge is 0.472 e. The molecule has 0 saturated carbocycles. The Bertz CT molecular complexity index is 553. The van der Waals surface area contributed by atoms with Gasteiger partial charge in [0.2, 0.25) is 0 Å². The maximum atomic E-state index is 5.83. The van der Waals surface area contributed by atoms with Crippen molar-refractivity contribution < 1.29 is 9.47 Å². The molecular weight excluding hydrogens is 230 g/mol. The highest BCUT2D eigenvalue weighted by Crippen LogP contribution is 2.21. The Hall–Kier alpha value is -1.88. The molecule has 1 aromatic heterocycles. The maximum Gasteiger partial charge on any atom is 0.257 e. The lowest BCUT2D eigenvalue weighted by atomic mass is 10.2. The maximum absolute atomic E-state index is 5.83. The van der Waals surface area contributed by atoms with E-state index in [1.807, 2.05) is 24.3 Å². The van der Waals surface area contributed by atoms with Crippen molar-refractivity contribution in [3.63, 3.8) is 0 Å². The Kier molecular flexibility index (Phi) is 2.98. The molecule has 2 heterocycles. The van der Waals surface area contributed by atoms with Crippen LogP contribution in [0.3, 0.4) is 0 Å². The molecule has 2 N–H and O–H groups in total. The molecule has 0 spiro atoms. The number of anilines is 1. The Balaban J connectivity index is 1.80. The molecule has 3 rings (SSSR count). The van der Waals surface area contributed by atoms with Crippen molar-refractivity contribution in [2.75, 3.05) is 18.9 Å². The van der Waals surface area contributed by atoms with E-state index in [1.54, 1.807) is 0 Å². The SMILES string of the molecule is Nc1nc2ccccc2nc1OCC1CCCO1. The molecule has 0 bridgehead atoms. The summed E-state index contributed by atoms with van der Waals surface area (Å²) in [4.78, 5) is 8.64. The van der Waals surface area contributed by atoms with E-state index in [-0.39, 0.29) is 6.10 Å². The van der Waals surface area contributed by atoms with Gasteiger partial charge in [0.15, 0.2) is 5.82 Å². The molecule has 1 saturated heterocycles. The zero-order chi connectivity index (χ0) is 12.4. The van der Waals surface area contributed by atoms with Crippen molar-refractivity contribution in [3.8, 4) is 5.88 Å². The molecule has 18 heavy (non-hydrogen) atoms. The van der Waals surface area contributed by atoms with E-state index in [4.69, 9.17) is 15.2 Å². The molecule has 0 aliphatic carbocycles. The van der Waals surface area contributed by atoms with E-state index >= 15 is 0 Å². The molecule has 94 valence electrons. The minimum atomic E-state index is 0.151. The molecule has 1 aromatic carbocycles. The molecule has 5 nitrogen and oxygen atoms in total. The van der Waals surface area contributed by atoms with Crippen LogP contribution in [0, 0.1) is 0 Å². The van der Waals surface area contributed by atoms with Crippen LogP contribution in [-0.4, -0.2) is 29.3 Å². The van der Waals surface area contributed by atoms with E-state index in [0.717, 1.165) is 30.5 Å². The first kappa shape index (κ1) is 11.2. The summed E-state index contributed by atoms with van der Waals surface area (Å²) in [6, 6.07) is 7.59. The average molecular weight is 245 g/mol. The van der Waals surface area contributed by atoms with Gasteiger partial charge in [-0.15, -0.1) is 0 Å². The summed E-state index contributed by atoms with van der Waals surface area (Å²) in [6.45, 7) is 1.30. The highest BCUT2D eigenvalue weighted by Gasteiger charge is 2.17. The lowest BCUT2D eigenvalue weighted by Crippen LogP contribution is -2.17. The fourth-order valence-corrected chi connectivity index (χ4v) is 2.05. The Morgan fingerprint density at radius 2 is 2.06 bits per heavy atom. The monoisotopic (exact) mass is 245 g/mol. The Labute approximate surface area is 105 Å². The number of nitrogens with zero attached hydrogens (tertiary/aromatic N) is 2. The van der Waals surface area contributed by atoms with Crippen LogP contribution in [0.4, 0.5) is 5.82 Å². The standard InChI is InChI=1S/C13H15N3O2/c14-12-13(18-8-9-4-3-7-17-9)16-11-6-2-1-5-10(11)15-12/h1-2,5-6,9H,3-4,7-8H2,(H2,14,15). The minimum Gasteiger partial charge on any atom is -0.472 e. The zero-order valence-electron chi connectivity index (χ0n) is 10.0. The van der Waals surface area contributed by atoms with E-state index in [9.17, 15) is 0 Å². The van der Waals surface area contributed by atoms with Gasteiger partial charge in [-0.1, -0.05) is 12.1 Å². The summed E-state index contributed by atoms with van der Waals surface area (Å²) in [5.41, 5.74) is 7.40. The highest BCUT2D eigenvalue weighted by molar-refractivity contribution is 5.76. The predicted molar refractivity (Wildman–Crippen MR) is 68.4 cm³/mol. The van der Waals surface area contributed by atoms with Crippen LogP contribution in [-0.2, 0) is 4.74 Å². The molecule has 2 aromatic rings. The van der Waals surface area contributed by atoms with Gasteiger partial charge in [0.05, 0.1) is 17.1 Å². The van der Waals surface area contributed by atoms with Gasteiger partial charge < -0.3 is 15.2 Å². The lowest BCUT2D eigenvalue weighted by Gasteiger charge is -2.12. The molecule has 1 fully saturated rings. The number of nitrogen functional groups attached to an aromatic ring is 1. The van der Waals surface area contributed by atoms with Crippen molar-refractivity contribution in [2.24, 2.45) is 0 Å². The number of fused-ring (bicyclic) bond motifs is 1. The quantitative estimate of drug-likeness (QED) is 0.892. The third-order valence-electron chi connectivity index (χ3n) is 2.99. The van der Waals surface area contributed by atoms with Crippen LogP contribution in [0.1, 0.15) is 12.8 Å². The van der Waals surface area contributed by atoms with Gasteiger partial charge >= 0.3 is 0 Å². The van der Waals surface area contributed by atoms with Crippen LogP contribution in [0.15, 0.2) is 24.3 Å². The second-order valence-electron chi connectivity index (χ2n) is 4.35.